The van der Waals surface area contributed by atoms with Crippen molar-refractivity contribution in [2.75, 3.05) is 13.1 Å². The quantitative estimate of drug-likeness (QED) is 0.851. The zero-order chi connectivity index (χ0) is 18.3. The predicted octanol–water partition coefficient (Wildman–Crippen LogP) is 2.82. The number of piperidine rings is 1. The minimum Gasteiger partial charge on any atom is -0.338 e. The molecule has 0 bridgehead atoms. The number of amides is 1. The van der Waals surface area contributed by atoms with Gasteiger partial charge < -0.3 is 4.90 Å². The molecule has 0 radical (unpaired) electrons. The van der Waals surface area contributed by atoms with Gasteiger partial charge in [0.25, 0.3) is 5.91 Å². The van der Waals surface area contributed by atoms with Gasteiger partial charge in [-0.15, -0.1) is 0 Å². The van der Waals surface area contributed by atoms with Crippen LogP contribution < -0.4 is 0 Å². The van der Waals surface area contributed by atoms with Crippen LogP contribution >= 0.6 is 0 Å². The fourth-order valence-corrected chi connectivity index (χ4v) is 4.57. The second kappa shape index (κ2) is 6.49. The smallest absolute Gasteiger partial charge is 0.257 e. The van der Waals surface area contributed by atoms with Gasteiger partial charge in [0, 0.05) is 37.4 Å². The Kier molecular flexibility index (Phi) is 4.29. The minimum atomic E-state index is 0.00423. The van der Waals surface area contributed by atoms with Gasteiger partial charge in [0.05, 0.1) is 17.0 Å². The molecule has 2 aromatic heterocycles. The van der Waals surface area contributed by atoms with Gasteiger partial charge in [0.1, 0.15) is 5.82 Å². The van der Waals surface area contributed by atoms with Crippen molar-refractivity contribution in [3.05, 3.63) is 40.7 Å². The van der Waals surface area contributed by atoms with E-state index in [1.807, 2.05) is 35.8 Å². The summed E-state index contributed by atoms with van der Waals surface area (Å²) in [7, 11) is 0. The van der Waals surface area contributed by atoms with Crippen LogP contribution in [0.4, 0.5) is 0 Å². The van der Waals surface area contributed by atoms with Crippen LogP contribution in [0.2, 0.25) is 0 Å². The van der Waals surface area contributed by atoms with Crippen molar-refractivity contribution in [2.45, 2.75) is 64.8 Å². The van der Waals surface area contributed by atoms with Gasteiger partial charge in [-0.25, -0.2) is 9.97 Å². The van der Waals surface area contributed by atoms with Crippen LogP contribution in [0, 0.1) is 13.8 Å². The maximum atomic E-state index is 13.2. The summed E-state index contributed by atoms with van der Waals surface area (Å²) in [6, 6.07) is 0. The Hall–Kier alpha value is -2.24. The number of carbonyl (C=O) groups is 1. The van der Waals surface area contributed by atoms with E-state index in [-0.39, 0.29) is 11.3 Å². The maximum Gasteiger partial charge on any atom is 0.257 e. The van der Waals surface area contributed by atoms with Gasteiger partial charge in [-0.3, -0.25) is 9.48 Å². The summed E-state index contributed by atoms with van der Waals surface area (Å²) in [5.74, 6) is 0.938. The van der Waals surface area contributed by atoms with Crippen LogP contribution in [-0.4, -0.2) is 43.6 Å². The number of carbonyl (C=O) groups excluding carboxylic acids is 1. The van der Waals surface area contributed by atoms with Gasteiger partial charge in [-0.05, 0) is 51.5 Å². The molecular formula is C20H27N5O. The van der Waals surface area contributed by atoms with Gasteiger partial charge in [0.2, 0.25) is 0 Å². The molecule has 26 heavy (non-hydrogen) atoms. The SMILES string of the molecule is CCCn1cc(C(=O)N2CCCC3(CCc4cnc(C)nc43)C2)c(C)n1. The third kappa shape index (κ3) is 2.81. The molecule has 3 heterocycles. The van der Waals surface area contributed by atoms with E-state index in [2.05, 4.69) is 17.0 Å². The zero-order valence-corrected chi connectivity index (χ0v) is 16.0. The molecule has 2 aliphatic rings. The molecule has 2 aromatic rings. The van der Waals surface area contributed by atoms with E-state index in [0.29, 0.717) is 0 Å². The maximum absolute atomic E-state index is 13.2. The fraction of sp³-hybridized carbons (Fsp3) is 0.600. The Balaban J connectivity index is 1.60. The van der Waals surface area contributed by atoms with Crippen LogP contribution in [0.3, 0.4) is 0 Å². The topological polar surface area (TPSA) is 63.9 Å². The van der Waals surface area contributed by atoms with Gasteiger partial charge >= 0.3 is 0 Å². The van der Waals surface area contributed by atoms with Crippen molar-refractivity contribution in [2.24, 2.45) is 0 Å². The van der Waals surface area contributed by atoms with E-state index in [4.69, 9.17) is 4.98 Å². The Bertz CT molecular complexity index is 839. The first kappa shape index (κ1) is 17.2. The molecule has 6 heteroatoms. The molecule has 1 spiro atoms. The predicted molar refractivity (Wildman–Crippen MR) is 99.2 cm³/mol. The Morgan fingerprint density at radius 2 is 2.15 bits per heavy atom. The molecule has 1 amide bonds. The van der Waals surface area contributed by atoms with Crippen molar-refractivity contribution in [3.63, 3.8) is 0 Å². The minimum absolute atomic E-state index is 0.00423. The first-order valence-corrected chi connectivity index (χ1v) is 9.69. The zero-order valence-electron chi connectivity index (χ0n) is 16.0. The molecule has 1 fully saturated rings. The third-order valence-corrected chi connectivity index (χ3v) is 5.85. The second-order valence-electron chi connectivity index (χ2n) is 7.79. The first-order chi connectivity index (χ1) is 12.5. The lowest BCUT2D eigenvalue weighted by Gasteiger charge is -2.40. The lowest BCUT2D eigenvalue weighted by Crippen LogP contribution is -2.48. The molecule has 1 saturated heterocycles. The number of rotatable bonds is 3. The molecule has 1 atom stereocenters. The van der Waals surface area contributed by atoms with E-state index in [9.17, 15) is 4.79 Å². The summed E-state index contributed by atoms with van der Waals surface area (Å²) in [5, 5.41) is 4.50. The summed E-state index contributed by atoms with van der Waals surface area (Å²) in [5.41, 5.74) is 4.02. The van der Waals surface area contributed by atoms with Gasteiger partial charge in [-0.1, -0.05) is 6.92 Å². The van der Waals surface area contributed by atoms with E-state index in [1.54, 1.807) is 0 Å². The highest BCUT2D eigenvalue weighted by Gasteiger charge is 2.44. The molecule has 138 valence electrons. The number of likely N-dealkylation sites (tertiary alicyclic amines) is 1. The number of hydrogen-bond donors (Lipinski definition) is 0. The van der Waals surface area contributed by atoms with Crippen LogP contribution in [0.15, 0.2) is 12.4 Å². The Morgan fingerprint density at radius 1 is 1.31 bits per heavy atom. The molecular weight excluding hydrogens is 326 g/mol. The number of hydrogen-bond acceptors (Lipinski definition) is 4. The fourth-order valence-electron chi connectivity index (χ4n) is 4.57. The Morgan fingerprint density at radius 3 is 2.96 bits per heavy atom. The summed E-state index contributed by atoms with van der Waals surface area (Å²) in [6.07, 6.45) is 9.12. The highest BCUT2D eigenvalue weighted by molar-refractivity contribution is 5.95. The van der Waals surface area contributed by atoms with E-state index < -0.39 is 0 Å². The van der Waals surface area contributed by atoms with Crippen LogP contribution in [0.25, 0.3) is 0 Å². The first-order valence-electron chi connectivity index (χ1n) is 9.69. The van der Waals surface area contributed by atoms with Crippen molar-refractivity contribution in [1.29, 1.82) is 0 Å². The van der Waals surface area contributed by atoms with E-state index in [1.165, 1.54) is 11.3 Å². The van der Waals surface area contributed by atoms with Crippen molar-refractivity contribution in [1.82, 2.24) is 24.6 Å². The number of fused-ring (bicyclic) bond motifs is 2. The normalized spacial score (nSPS) is 22.0. The highest BCUT2D eigenvalue weighted by atomic mass is 16.2. The van der Waals surface area contributed by atoms with Crippen LogP contribution in [0.1, 0.15) is 65.7 Å². The van der Waals surface area contributed by atoms with Crippen LogP contribution in [-0.2, 0) is 18.4 Å². The highest BCUT2D eigenvalue weighted by Crippen LogP contribution is 2.44. The molecule has 0 aromatic carbocycles. The molecule has 1 unspecified atom stereocenters. The monoisotopic (exact) mass is 353 g/mol. The molecule has 1 aliphatic carbocycles. The van der Waals surface area contributed by atoms with Gasteiger partial charge in [-0.2, -0.15) is 5.10 Å². The lowest BCUT2D eigenvalue weighted by molar-refractivity contribution is 0.0632. The average Bonchev–Trinajstić information content (AvgIpc) is 3.16. The van der Waals surface area contributed by atoms with Gasteiger partial charge in [0.15, 0.2) is 0 Å². The summed E-state index contributed by atoms with van der Waals surface area (Å²) in [6.45, 7) is 8.42. The number of aryl methyl sites for hydroxylation is 4. The standard InChI is InChI=1S/C20H27N5O/c1-4-9-25-12-17(14(2)23-25)19(26)24-10-5-7-20(13-24)8-6-16-11-21-15(3)22-18(16)20/h11-12H,4-10,13H2,1-3H3. The lowest BCUT2D eigenvalue weighted by atomic mass is 9.77. The van der Waals surface area contributed by atoms with Crippen molar-refractivity contribution in [3.8, 4) is 0 Å². The summed E-state index contributed by atoms with van der Waals surface area (Å²) >= 11 is 0. The van der Waals surface area contributed by atoms with E-state index >= 15 is 0 Å². The van der Waals surface area contributed by atoms with Crippen molar-refractivity contribution >= 4 is 5.91 Å². The number of nitrogens with zero attached hydrogens (tertiary/aromatic N) is 5. The van der Waals surface area contributed by atoms with Crippen molar-refractivity contribution < 1.29 is 4.79 Å². The Labute approximate surface area is 154 Å². The molecule has 0 saturated carbocycles. The molecule has 4 rings (SSSR count). The second-order valence-corrected chi connectivity index (χ2v) is 7.79. The summed E-state index contributed by atoms with van der Waals surface area (Å²) < 4.78 is 1.89. The largest absolute Gasteiger partial charge is 0.338 e. The molecule has 1 aliphatic heterocycles. The third-order valence-electron chi connectivity index (χ3n) is 5.85. The summed E-state index contributed by atoms with van der Waals surface area (Å²) in [4.78, 5) is 24.4. The molecule has 0 N–H and O–H groups in total. The number of aromatic nitrogens is 4. The molecule has 6 nitrogen and oxygen atoms in total. The average molecular weight is 353 g/mol. The van der Waals surface area contributed by atoms with Crippen LogP contribution in [0.5, 0.6) is 0 Å². The van der Waals surface area contributed by atoms with E-state index in [0.717, 1.165) is 68.8 Å².